The van der Waals surface area contributed by atoms with Crippen molar-refractivity contribution in [1.29, 1.82) is 0 Å². The third kappa shape index (κ3) is 12.5. The van der Waals surface area contributed by atoms with E-state index in [2.05, 4.69) is 36.9 Å². The number of carbonyl (C=O) groups excluding carboxylic acids is 1. The third-order valence-corrected chi connectivity index (χ3v) is 8.32. The standard InChI is InChI=1S/C38H54ClN2O3/c1-4-6-7-8-9-10-11-12-13-14-15-18-27-44-37-24-23-32(28-35(37)39)30-41(31-33-20-19-26-40(29-33)25-5-2)38(42)34-21-16-17-22-36(34)43-3/h16-17,19-24,26,28-29H,4-15,18,25,27,30-31H2,1-3H3/q+1. The molecule has 0 fully saturated rings. The van der Waals surface area contributed by atoms with Crippen molar-refractivity contribution in [1.82, 2.24) is 4.90 Å². The van der Waals surface area contributed by atoms with Crippen LogP contribution in [0.5, 0.6) is 11.5 Å². The minimum Gasteiger partial charge on any atom is -0.496 e. The van der Waals surface area contributed by atoms with Crippen molar-refractivity contribution < 1.29 is 18.8 Å². The molecule has 0 aliphatic carbocycles. The van der Waals surface area contributed by atoms with E-state index in [1.165, 1.54) is 70.6 Å². The lowest BCUT2D eigenvalue weighted by Gasteiger charge is -2.24. The first-order chi connectivity index (χ1) is 21.5. The number of methoxy groups -OCH3 is 1. The molecule has 240 valence electrons. The van der Waals surface area contributed by atoms with Crippen LogP contribution < -0.4 is 14.0 Å². The molecule has 3 rings (SSSR count). The number of benzene rings is 2. The second kappa shape index (κ2) is 20.8. The number of unbranched alkanes of at least 4 members (excludes halogenated alkanes) is 11. The molecule has 1 amide bonds. The number of hydrogen-bond acceptors (Lipinski definition) is 3. The first-order valence-corrected chi connectivity index (χ1v) is 17.2. The summed E-state index contributed by atoms with van der Waals surface area (Å²) < 4.78 is 13.7. The minimum atomic E-state index is -0.0863. The molecule has 0 N–H and O–H groups in total. The molecule has 0 saturated carbocycles. The van der Waals surface area contributed by atoms with Gasteiger partial charge < -0.3 is 14.4 Å². The first kappa shape index (κ1) is 35.4. The second-order valence-corrected chi connectivity index (χ2v) is 12.2. The molecule has 0 bridgehead atoms. The highest BCUT2D eigenvalue weighted by Crippen LogP contribution is 2.28. The number of halogens is 1. The topological polar surface area (TPSA) is 42.7 Å². The molecule has 44 heavy (non-hydrogen) atoms. The zero-order valence-corrected chi connectivity index (χ0v) is 28.1. The summed E-state index contributed by atoms with van der Waals surface area (Å²) in [5.74, 6) is 1.18. The van der Waals surface area contributed by atoms with E-state index in [9.17, 15) is 4.79 Å². The van der Waals surface area contributed by atoms with E-state index in [1.807, 2.05) is 53.4 Å². The van der Waals surface area contributed by atoms with Gasteiger partial charge in [-0.3, -0.25) is 4.79 Å². The molecule has 5 nitrogen and oxygen atoms in total. The van der Waals surface area contributed by atoms with Gasteiger partial charge in [0.25, 0.3) is 5.91 Å². The summed E-state index contributed by atoms with van der Waals surface area (Å²) in [5.41, 5.74) is 2.56. The van der Waals surface area contributed by atoms with Crippen LogP contribution in [-0.4, -0.2) is 24.5 Å². The van der Waals surface area contributed by atoms with E-state index >= 15 is 0 Å². The lowest BCUT2D eigenvalue weighted by Crippen LogP contribution is -2.35. The lowest BCUT2D eigenvalue weighted by molar-refractivity contribution is -0.697. The Morgan fingerprint density at radius 3 is 2.07 bits per heavy atom. The van der Waals surface area contributed by atoms with E-state index < -0.39 is 0 Å². The summed E-state index contributed by atoms with van der Waals surface area (Å²) in [5, 5.41) is 0.576. The Hall–Kier alpha value is -3.05. The van der Waals surface area contributed by atoms with Gasteiger partial charge in [-0.1, -0.05) is 114 Å². The molecule has 2 aromatic carbocycles. The monoisotopic (exact) mass is 621 g/mol. The van der Waals surface area contributed by atoms with Gasteiger partial charge in [0.1, 0.15) is 18.0 Å². The predicted octanol–water partition coefficient (Wildman–Crippen LogP) is 9.97. The van der Waals surface area contributed by atoms with E-state index in [0.29, 0.717) is 41.8 Å². The quantitative estimate of drug-likeness (QED) is 0.0828. The van der Waals surface area contributed by atoms with Crippen molar-refractivity contribution in [3.05, 3.63) is 88.7 Å². The van der Waals surface area contributed by atoms with E-state index in [0.717, 1.165) is 30.5 Å². The van der Waals surface area contributed by atoms with Crippen LogP contribution in [0.2, 0.25) is 5.02 Å². The Labute approximate surface area is 271 Å². The molecule has 1 aromatic heterocycles. The average Bonchev–Trinajstić information content (AvgIpc) is 3.04. The van der Waals surface area contributed by atoms with Crippen molar-refractivity contribution >= 4 is 17.5 Å². The van der Waals surface area contributed by atoms with Crippen molar-refractivity contribution in [2.24, 2.45) is 0 Å². The average molecular weight is 622 g/mol. The van der Waals surface area contributed by atoms with Gasteiger partial charge in [0.05, 0.1) is 30.8 Å². The van der Waals surface area contributed by atoms with Crippen LogP contribution in [0, 0.1) is 0 Å². The van der Waals surface area contributed by atoms with Gasteiger partial charge in [0, 0.05) is 24.6 Å². The maximum atomic E-state index is 13.8. The molecule has 0 aliphatic rings. The van der Waals surface area contributed by atoms with Crippen molar-refractivity contribution in [3.8, 4) is 11.5 Å². The molecule has 0 atom stereocenters. The number of amides is 1. The van der Waals surface area contributed by atoms with Crippen LogP contribution in [0.15, 0.2) is 67.0 Å². The molecule has 0 saturated heterocycles. The third-order valence-electron chi connectivity index (χ3n) is 8.02. The fraction of sp³-hybridized carbons (Fsp3) is 0.526. The van der Waals surface area contributed by atoms with Crippen LogP contribution in [0.3, 0.4) is 0 Å². The summed E-state index contributed by atoms with van der Waals surface area (Å²) in [4.78, 5) is 15.7. The van der Waals surface area contributed by atoms with Gasteiger partial charge in [0.15, 0.2) is 12.4 Å². The summed E-state index contributed by atoms with van der Waals surface area (Å²) in [6, 6.07) is 17.3. The summed E-state index contributed by atoms with van der Waals surface area (Å²) in [6.45, 7) is 6.92. The van der Waals surface area contributed by atoms with Gasteiger partial charge in [-0.05, 0) is 42.3 Å². The number of hydrogen-bond donors (Lipinski definition) is 0. The van der Waals surface area contributed by atoms with Gasteiger partial charge in [-0.25, -0.2) is 4.57 Å². The first-order valence-electron chi connectivity index (χ1n) is 16.9. The highest BCUT2D eigenvalue weighted by atomic mass is 35.5. The number of aromatic nitrogens is 1. The molecule has 0 aliphatic heterocycles. The Bertz CT molecular complexity index is 1250. The zero-order chi connectivity index (χ0) is 31.4. The van der Waals surface area contributed by atoms with Gasteiger partial charge >= 0.3 is 0 Å². The Morgan fingerprint density at radius 1 is 0.750 bits per heavy atom. The van der Waals surface area contributed by atoms with Gasteiger partial charge in [0.2, 0.25) is 0 Å². The highest BCUT2D eigenvalue weighted by molar-refractivity contribution is 6.32. The second-order valence-electron chi connectivity index (χ2n) is 11.8. The Balaban J connectivity index is 1.52. The minimum absolute atomic E-state index is 0.0863. The van der Waals surface area contributed by atoms with E-state index in [1.54, 1.807) is 7.11 Å². The van der Waals surface area contributed by atoms with Gasteiger partial charge in [-0.2, -0.15) is 0 Å². The fourth-order valence-electron chi connectivity index (χ4n) is 5.58. The predicted molar refractivity (Wildman–Crippen MR) is 182 cm³/mol. The molecule has 6 heteroatoms. The largest absolute Gasteiger partial charge is 0.496 e. The maximum Gasteiger partial charge on any atom is 0.258 e. The molecule has 3 aromatic rings. The smallest absolute Gasteiger partial charge is 0.258 e. The number of nitrogens with zero attached hydrogens (tertiary/aromatic N) is 2. The van der Waals surface area contributed by atoms with Crippen LogP contribution in [0.1, 0.15) is 119 Å². The number of carbonyl (C=O) groups is 1. The molecule has 0 unspecified atom stereocenters. The molecular weight excluding hydrogens is 568 g/mol. The molecule has 0 radical (unpaired) electrons. The lowest BCUT2D eigenvalue weighted by atomic mass is 10.1. The normalized spacial score (nSPS) is 11.0. The number of ether oxygens (including phenoxy) is 2. The number of pyridine rings is 1. The molecule has 1 heterocycles. The SMILES string of the molecule is CCCCCCCCCCCCCCOc1ccc(CN(Cc2ccc[n+](CCC)c2)C(=O)c2ccccc2OC)cc1Cl. The molecular formula is C38H54ClN2O3+. The van der Waals surface area contributed by atoms with Gasteiger partial charge in [-0.15, -0.1) is 0 Å². The van der Waals surface area contributed by atoms with E-state index in [-0.39, 0.29) is 5.91 Å². The van der Waals surface area contributed by atoms with Crippen LogP contribution in [-0.2, 0) is 19.6 Å². The Morgan fingerprint density at radius 2 is 1.41 bits per heavy atom. The summed E-state index contributed by atoms with van der Waals surface area (Å²) in [7, 11) is 1.59. The number of aryl methyl sites for hydroxylation is 1. The van der Waals surface area contributed by atoms with Crippen LogP contribution >= 0.6 is 11.6 Å². The van der Waals surface area contributed by atoms with E-state index in [4.69, 9.17) is 21.1 Å². The zero-order valence-electron chi connectivity index (χ0n) is 27.4. The summed E-state index contributed by atoms with van der Waals surface area (Å²) >= 11 is 6.67. The highest BCUT2D eigenvalue weighted by Gasteiger charge is 2.21. The summed E-state index contributed by atoms with van der Waals surface area (Å²) in [6.07, 6.45) is 21.0. The van der Waals surface area contributed by atoms with Crippen molar-refractivity contribution in [2.75, 3.05) is 13.7 Å². The van der Waals surface area contributed by atoms with Crippen LogP contribution in [0.25, 0.3) is 0 Å². The Kier molecular flexibility index (Phi) is 16.8. The number of rotatable bonds is 22. The molecule has 0 spiro atoms. The maximum absolute atomic E-state index is 13.8. The number of para-hydroxylation sites is 1. The van der Waals surface area contributed by atoms with Crippen LogP contribution in [0.4, 0.5) is 0 Å². The van der Waals surface area contributed by atoms with Crippen molar-refractivity contribution in [2.45, 2.75) is 117 Å². The fourth-order valence-corrected chi connectivity index (χ4v) is 5.84. The van der Waals surface area contributed by atoms with Crippen molar-refractivity contribution in [3.63, 3.8) is 0 Å².